The number of carboxylic acid groups (broad SMARTS) is 1. The van der Waals surface area contributed by atoms with E-state index in [4.69, 9.17) is 4.74 Å². The lowest BCUT2D eigenvalue weighted by Gasteiger charge is -2.27. The van der Waals surface area contributed by atoms with Crippen LogP contribution < -0.4 is 10.1 Å². The van der Waals surface area contributed by atoms with Crippen LogP contribution in [0.5, 0.6) is 5.75 Å². The molecule has 0 heterocycles. The van der Waals surface area contributed by atoms with Gasteiger partial charge in [-0.25, -0.2) is 0 Å². The third-order valence-corrected chi connectivity index (χ3v) is 4.62. The molecule has 2 N–H and O–H groups in total. The Morgan fingerprint density at radius 3 is 2.58 bits per heavy atom. The number of ether oxygens (including phenoxy) is 1. The molecule has 0 bridgehead atoms. The van der Waals surface area contributed by atoms with Crippen LogP contribution in [0, 0.1) is 16.0 Å². The maximum absolute atomic E-state index is 12.6. The summed E-state index contributed by atoms with van der Waals surface area (Å²) in [5.41, 5.74) is -0.168. The molecule has 1 fully saturated rings. The SMILES string of the molecule is CCOc1ccc(C(=O)NC2CCCCCCC2C(=O)O)cc1[N+](=O)[O-]. The first-order chi connectivity index (χ1) is 12.4. The van der Waals surface area contributed by atoms with Crippen LogP contribution in [0.25, 0.3) is 0 Å². The fourth-order valence-corrected chi connectivity index (χ4v) is 3.28. The van der Waals surface area contributed by atoms with E-state index in [1.165, 1.54) is 18.2 Å². The van der Waals surface area contributed by atoms with E-state index in [2.05, 4.69) is 5.32 Å². The number of carbonyl (C=O) groups is 2. The number of nitrogens with zero attached hydrogens (tertiary/aromatic N) is 1. The Hall–Kier alpha value is -2.64. The summed E-state index contributed by atoms with van der Waals surface area (Å²) < 4.78 is 5.21. The number of amides is 1. The van der Waals surface area contributed by atoms with Crippen LogP contribution in [-0.2, 0) is 4.79 Å². The molecule has 8 heteroatoms. The first-order valence-corrected chi connectivity index (χ1v) is 8.89. The van der Waals surface area contributed by atoms with Crippen LogP contribution in [0.1, 0.15) is 55.8 Å². The van der Waals surface area contributed by atoms with Gasteiger partial charge in [0.1, 0.15) is 0 Å². The van der Waals surface area contributed by atoms with Gasteiger partial charge < -0.3 is 15.2 Å². The van der Waals surface area contributed by atoms with Crippen LogP contribution in [0.2, 0.25) is 0 Å². The van der Waals surface area contributed by atoms with Crippen LogP contribution in [-0.4, -0.2) is 34.6 Å². The molecule has 0 aliphatic heterocycles. The minimum Gasteiger partial charge on any atom is -0.487 e. The molecular weight excluding hydrogens is 340 g/mol. The highest BCUT2D eigenvalue weighted by atomic mass is 16.6. The van der Waals surface area contributed by atoms with Crippen molar-refractivity contribution in [1.29, 1.82) is 0 Å². The number of hydrogen-bond donors (Lipinski definition) is 2. The van der Waals surface area contributed by atoms with Crippen molar-refractivity contribution in [3.8, 4) is 5.75 Å². The van der Waals surface area contributed by atoms with Gasteiger partial charge in [0.25, 0.3) is 5.91 Å². The predicted octanol–water partition coefficient (Wildman–Crippen LogP) is 3.15. The third-order valence-electron chi connectivity index (χ3n) is 4.62. The molecule has 2 rings (SSSR count). The van der Waals surface area contributed by atoms with Crippen molar-refractivity contribution in [2.24, 2.45) is 5.92 Å². The molecule has 0 spiro atoms. The third kappa shape index (κ3) is 4.93. The van der Waals surface area contributed by atoms with Crippen molar-refractivity contribution in [2.75, 3.05) is 6.61 Å². The van der Waals surface area contributed by atoms with Gasteiger partial charge in [0, 0.05) is 17.7 Å². The number of carboxylic acids is 1. The Kier molecular flexibility index (Phi) is 6.94. The monoisotopic (exact) mass is 364 g/mol. The second-order valence-electron chi connectivity index (χ2n) is 6.39. The molecule has 142 valence electrons. The number of nitrogens with one attached hydrogen (secondary N) is 1. The molecule has 1 aromatic carbocycles. The molecule has 1 aliphatic carbocycles. The molecule has 1 aromatic rings. The minimum atomic E-state index is -0.921. The fourth-order valence-electron chi connectivity index (χ4n) is 3.28. The normalized spacial score (nSPS) is 20.5. The van der Waals surface area contributed by atoms with E-state index in [0.29, 0.717) is 12.8 Å². The minimum absolute atomic E-state index is 0.100. The molecule has 0 aromatic heterocycles. The summed E-state index contributed by atoms with van der Waals surface area (Å²) in [6, 6.07) is 3.53. The molecule has 26 heavy (non-hydrogen) atoms. The molecule has 2 atom stereocenters. The maximum atomic E-state index is 12.6. The summed E-state index contributed by atoms with van der Waals surface area (Å²) in [6.45, 7) is 1.99. The number of aliphatic carboxylic acids is 1. The molecule has 8 nitrogen and oxygen atoms in total. The van der Waals surface area contributed by atoms with Gasteiger partial charge in [-0.2, -0.15) is 0 Å². The van der Waals surface area contributed by atoms with Crippen molar-refractivity contribution >= 4 is 17.6 Å². The van der Waals surface area contributed by atoms with Gasteiger partial charge in [-0.05, 0) is 31.9 Å². The zero-order chi connectivity index (χ0) is 19.1. The van der Waals surface area contributed by atoms with Crippen molar-refractivity contribution < 1.29 is 24.4 Å². The average molecular weight is 364 g/mol. The second kappa shape index (κ2) is 9.17. The van der Waals surface area contributed by atoms with Gasteiger partial charge in [0.2, 0.25) is 0 Å². The van der Waals surface area contributed by atoms with Gasteiger partial charge >= 0.3 is 11.7 Å². The van der Waals surface area contributed by atoms with E-state index >= 15 is 0 Å². The topological polar surface area (TPSA) is 119 Å². The number of carbonyl (C=O) groups excluding carboxylic acids is 1. The van der Waals surface area contributed by atoms with Gasteiger partial charge in [0.05, 0.1) is 17.4 Å². The van der Waals surface area contributed by atoms with Crippen molar-refractivity contribution in [3.63, 3.8) is 0 Å². The van der Waals surface area contributed by atoms with Gasteiger partial charge in [-0.3, -0.25) is 19.7 Å². The highest BCUT2D eigenvalue weighted by Crippen LogP contribution is 2.29. The quantitative estimate of drug-likeness (QED) is 0.591. The van der Waals surface area contributed by atoms with Gasteiger partial charge in [-0.1, -0.05) is 25.7 Å². The molecular formula is C18H24N2O6. The van der Waals surface area contributed by atoms with Crippen LogP contribution in [0.15, 0.2) is 18.2 Å². The Labute approximate surface area is 151 Å². The molecule has 0 radical (unpaired) electrons. The number of hydrogen-bond acceptors (Lipinski definition) is 5. The van der Waals surface area contributed by atoms with E-state index in [-0.39, 0.29) is 23.6 Å². The first-order valence-electron chi connectivity index (χ1n) is 8.89. The van der Waals surface area contributed by atoms with Gasteiger partial charge in [-0.15, -0.1) is 0 Å². The number of nitro groups is 1. The van der Waals surface area contributed by atoms with Crippen molar-refractivity contribution in [2.45, 2.75) is 51.5 Å². The second-order valence-corrected chi connectivity index (χ2v) is 6.39. The Morgan fingerprint density at radius 2 is 1.96 bits per heavy atom. The van der Waals surface area contributed by atoms with E-state index in [1.807, 2.05) is 0 Å². The number of nitro benzene ring substituents is 1. The number of rotatable bonds is 6. The van der Waals surface area contributed by atoms with Gasteiger partial charge in [0.15, 0.2) is 5.75 Å². The summed E-state index contributed by atoms with van der Waals surface area (Å²) in [6.07, 6.45) is 4.77. The predicted molar refractivity (Wildman–Crippen MR) is 94.3 cm³/mol. The zero-order valence-electron chi connectivity index (χ0n) is 14.8. The lowest BCUT2D eigenvalue weighted by Crippen LogP contribution is -2.43. The fraction of sp³-hybridized carbons (Fsp3) is 0.556. The summed E-state index contributed by atoms with van der Waals surface area (Å²) in [5, 5.41) is 23.4. The Bertz CT molecular complexity index is 676. The molecule has 1 amide bonds. The largest absolute Gasteiger partial charge is 0.487 e. The Morgan fingerprint density at radius 1 is 1.27 bits per heavy atom. The summed E-state index contributed by atoms with van der Waals surface area (Å²) in [4.78, 5) is 34.7. The summed E-state index contributed by atoms with van der Waals surface area (Å²) in [7, 11) is 0. The lowest BCUT2D eigenvalue weighted by molar-refractivity contribution is -0.385. The highest BCUT2D eigenvalue weighted by molar-refractivity contribution is 5.95. The molecule has 0 saturated heterocycles. The number of benzene rings is 1. The molecule has 1 aliphatic rings. The van der Waals surface area contributed by atoms with Crippen molar-refractivity contribution in [1.82, 2.24) is 5.32 Å². The van der Waals surface area contributed by atoms with Crippen LogP contribution in [0.3, 0.4) is 0 Å². The first kappa shape index (κ1) is 19.7. The van der Waals surface area contributed by atoms with E-state index in [9.17, 15) is 24.8 Å². The molecule has 2 unspecified atom stereocenters. The lowest BCUT2D eigenvalue weighted by atomic mass is 9.86. The van der Waals surface area contributed by atoms with Crippen LogP contribution >= 0.6 is 0 Å². The van der Waals surface area contributed by atoms with Crippen molar-refractivity contribution in [3.05, 3.63) is 33.9 Å². The zero-order valence-corrected chi connectivity index (χ0v) is 14.8. The molecule has 1 saturated carbocycles. The van der Waals surface area contributed by atoms with Crippen LogP contribution in [0.4, 0.5) is 5.69 Å². The van der Waals surface area contributed by atoms with E-state index in [1.54, 1.807) is 6.92 Å². The summed E-state index contributed by atoms with van der Waals surface area (Å²) >= 11 is 0. The highest BCUT2D eigenvalue weighted by Gasteiger charge is 2.30. The summed E-state index contributed by atoms with van der Waals surface area (Å²) in [5.74, 6) is -1.97. The smallest absolute Gasteiger partial charge is 0.311 e. The average Bonchev–Trinajstić information content (AvgIpc) is 2.57. The van der Waals surface area contributed by atoms with E-state index in [0.717, 1.165) is 25.7 Å². The maximum Gasteiger partial charge on any atom is 0.311 e. The van der Waals surface area contributed by atoms with E-state index < -0.39 is 28.8 Å². The standard InChI is InChI=1S/C18H24N2O6/c1-2-26-16-10-9-12(11-15(16)20(24)25)17(21)19-14-8-6-4-3-5-7-13(14)18(22)23/h9-11,13-14H,2-8H2,1H3,(H,19,21)(H,22,23). The Balaban J connectivity index is 2.20.